The van der Waals surface area contributed by atoms with E-state index < -0.39 is 27.8 Å². The zero-order valence-corrected chi connectivity index (χ0v) is 12.1. The highest BCUT2D eigenvalue weighted by Gasteiger charge is 2.22. The van der Waals surface area contributed by atoms with Crippen LogP contribution in [0.5, 0.6) is 0 Å². The fraction of sp³-hybridized carbons (Fsp3) is 0.385. The molecule has 0 fully saturated rings. The number of hydrogen-bond donors (Lipinski definition) is 2. The number of benzene rings is 1. The Balaban J connectivity index is 2.75. The van der Waals surface area contributed by atoms with E-state index >= 15 is 0 Å². The molecule has 1 aromatic carbocycles. The lowest BCUT2D eigenvalue weighted by Gasteiger charge is -2.14. The lowest BCUT2D eigenvalue weighted by molar-refractivity contribution is -0.139. The summed E-state index contributed by atoms with van der Waals surface area (Å²) in [5.74, 6) is -2.08. The van der Waals surface area contributed by atoms with Gasteiger partial charge < -0.3 is 10.4 Å². The zero-order valence-electron chi connectivity index (χ0n) is 11.3. The number of aliphatic carboxylic acids is 1. The summed E-state index contributed by atoms with van der Waals surface area (Å²) in [5.41, 5.74) is 1.22. The van der Waals surface area contributed by atoms with Crippen molar-refractivity contribution >= 4 is 21.7 Å². The number of hydrogen-bond acceptors (Lipinski definition) is 4. The van der Waals surface area contributed by atoms with Crippen molar-refractivity contribution in [3.05, 3.63) is 35.4 Å². The van der Waals surface area contributed by atoms with Gasteiger partial charge in [0.2, 0.25) is 0 Å². The van der Waals surface area contributed by atoms with Gasteiger partial charge >= 0.3 is 5.97 Å². The maximum absolute atomic E-state index is 11.9. The Morgan fingerprint density at radius 2 is 2.00 bits per heavy atom. The van der Waals surface area contributed by atoms with Crippen molar-refractivity contribution in [2.24, 2.45) is 0 Å². The summed E-state index contributed by atoms with van der Waals surface area (Å²) in [6.07, 6.45) is 0.861. The summed E-state index contributed by atoms with van der Waals surface area (Å²) in [6.45, 7) is 1.81. The number of nitrogens with one attached hydrogen (secondary N) is 1. The van der Waals surface area contributed by atoms with Gasteiger partial charge in [-0.2, -0.15) is 0 Å². The largest absolute Gasteiger partial charge is 0.480 e. The van der Waals surface area contributed by atoms with Crippen LogP contribution in [-0.2, 0) is 14.6 Å². The minimum absolute atomic E-state index is 0.161. The van der Waals surface area contributed by atoms with Gasteiger partial charge in [0.05, 0.1) is 5.75 Å². The molecule has 0 heterocycles. The summed E-state index contributed by atoms with van der Waals surface area (Å²) < 4.78 is 22.1. The Morgan fingerprint density at radius 3 is 2.50 bits per heavy atom. The van der Waals surface area contributed by atoms with Gasteiger partial charge in [-0.15, -0.1) is 0 Å². The third-order valence-electron chi connectivity index (χ3n) is 2.66. The number of carboxylic acid groups (broad SMARTS) is 1. The van der Waals surface area contributed by atoms with Crippen molar-refractivity contribution in [2.75, 3.05) is 12.0 Å². The summed E-state index contributed by atoms with van der Waals surface area (Å²) in [7, 11) is -3.27. The van der Waals surface area contributed by atoms with E-state index in [-0.39, 0.29) is 12.2 Å². The van der Waals surface area contributed by atoms with E-state index in [1.807, 2.05) is 13.0 Å². The number of carboxylic acids is 1. The second-order valence-electron chi connectivity index (χ2n) is 4.65. The van der Waals surface area contributed by atoms with Crippen LogP contribution in [0.25, 0.3) is 0 Å². The number of rotatable bonds is 6. The molecule has 0 aliphatic heterocycles. The van der Waals surface area contributed by atoms with Crippen LogP contribution in [0.3, 0.4) is 0 Å². The molecule has 0 aromatic heterocycles. The molecule has 2 N–H and O–H groups in total. The Labute approximate surface area is 117 Å². The normalized spacial score (nSPS) is 12.7. The van der Waals surface area contributed by atoms with Gasteiger partial charge in [0.1, 0.15) is 15.9 Å². The van der Waals surface area contributed by atoms with E-state index in [9.17, 15) is 18.0 Å². The van der Waals surface area contributed by atoms with Crippen molar-refractivity contribution < 1.29 is 23.1 Å². The highest BCUT2D eigenvalue weighted by Crippen LogP contribution is 2.05. The topological polar surface area (TPSA) is 101 Å². The van der Waals surface area contributed by atoms with Crippen molar-refractivity contribution in [3.63, 3.8) is 0 Å². The second kappa shape index (κ2) is 6.51. The van der Waals surface area contributed by atoms with Crippen LogP contribution in [0, 0.1) is 6.92 Å². The Morgan fingerprint density at radius 1 is 1.35 bits per heavy atom. The first-order valence-electron chi connectivity index (χ1n) is 5.97. The van der Waals surface area contributed by atoms with Crippen LogP contribution >= 0.6 is 0 Å². The van der Waals surface area contributed by atoms with Crippen LogP contribution in [0.1, 0.15) is 22.3 Å². The Kier molecular flexibility index (Phi) is 5.26. The van der Waals surface area contributed by atoms with Crippen LogP contribution in [0.15, 0.2) is 24.3 Å². The van der Waals surface area contributed by atoms with Crippen molar-refractivity contribution in [1.29, 1.82) is 0 Å². The van der Waals surface area contributed by atoms with E-state index in [1.165, 1.54) is 0 Å². The zero-order chi connectivity index (χ0) is 15.3. The molecule has 1 aromatic rings. The van der Waals surface area contributed by atoms with E-state index in [0.717, 1.165) is 11.8 Å². The smallest absolute Gasteiger partial charge is 0.326 e. The highest BCUT2D eigenvalue weighted by molar-refractivity contribution is 7.90. The van der Waals surface area contributed by atoms with E-state index in [4.69, 9.17) is 5.11 Å². The molecule has 7 heteroatoms. The second-order valence-corrected chi connectivity index (χ2v) is 6.91. The molecule has 0 aliphatic rings. The van der Waals surface area contributed by atoms with Crippen molar-refractivity contribution in [3.8, 4) is 0 Å². The van der Waals surface area contributed by atoms with Crippen LogP contribution < -0.4 is 5.32 Å². The molecule has 0 aliphatic carbocycles. The predicted molar refractivity (Wildman–Crippen MR) is 74.4 cm³/mol. The van der Waals surface area contributed by atoms with Crippen LogP contribution in [0.2, 0.25) is 0 Å². The first-order chi connectivity index (χ1) is 9.19. The molecule has 0 spiro atoms. The minimum atomic E-state index is -3.27. The van der Waals surface area contributed by atoms with Gasteiger partial charge in [-0.1, -0.05) is 17.7 Å². The molecule has 1 amide bonds. The molecule has 0 bridgehead atoms. The fourth-order valence-corrected chi connectivity index (χ4v) is 2.28. The summed E-state index contributed by atoms with van der Waals surface area (Å²) in [5, 5.41) is 11.3. The molecular formula is C13H17NO5S. The van der Waals surface area contributed by atoms with Gasteiger partial charge in [0.15, 0.2) is 0 Å². The molecule has 0 radical (unpaired) electrons. The van der Waals surface area contributed by atoms with Gasteiger partial charge in [0.25, 0.3) is 5.91 Å². The van der Waals surface area contributed by atoms with Crippen LogP contribution in [0.4, 0.5) is 0 Å². The third-order valence-corrected chi connectivity index (χ3v) is 3.64. The van der Waals surface area contributed by atoms with Crippen LogP contribution in [-0.4, -0.2) is 43.5 Å². The van der Waals surface area contributed by atoms with Crippen molar-refractivity contribution in [1.82, 2.24) is 5.32 Å². The first kappa shape index (κ1) is 16.2. The molecule has 20 heavy (non-hydrogen) atoms. The SMILES string of the molecule is Cc1cccc(C(=O)N[C@@H](CCS(C)(=O)=O)C(=O)O)c1. The van der Waals surface area contributed by atoms with Gasteiger partial charge in [0, 0.05) is 11.8 Å². The number of carbonyl (C=O) groups is 2. The number of sulfone groups is 1. The van der Waals surface area contributed by atoms with E-state index in [0.29, 0.717) is 5.56 Å². The third kappa shape index (κ3) is 5.40. The lowest BCUT2D eigenvalue weighted by Crippen LogP contribution is -2.41. The van der Waals surface area contributed by atoms with E-state index in [1.54, 1.807) is 18.2 Å². The number of carbonyl (C=O) groups excluding carboxylic acids is 1. The number of amides is 1. The van der Waals surface area contributed by atoms with Crippen molar-refractivity contribution in [2.45, 2.75) is 19.4 Å². The minimum Gasteiger partial charge on any atom is -0.480 e. The molecule has 1 atom stereocenters. The van der Waals surface area contributed by atoms with Gasteiger partial charge in [-0.05, 0) is 25.5 Å². The molecule has 6 nitrogen and oxygen atoms in total. The number of aryl methyl sites for hydroxylation is 1. The van der Waals surface area contributed by atoms with E-state index in [2.05, 4.69) is 5.32 Å². The summed E-state index contributed by atoms with van der Waals surface area (Å²) in [4.78, 5) is 23.0. The maximum atomic E-state index is 11.9. The summed E-state index contributed by atoms with van der Waals surface area (Å²) in [6, 6.07) is 5.48. The molecule has 0 saturated heterocycles. The Hall–Kier alpha value is -1.89. The molecule has 0 saturated carbocycles. The monoisotopic (exact) mass is 299 g/mol. The van der Waals surface area contributed by atoms with Gasteiger partial charge in [-0.3, -0.25) is 4.79 Å². The highest BCUT2D eigenvalue weighted by atomic mass is 32.2. The average molecular weight is 299 g/mol. The molecular weight excluding hydrogens is 282 g/mol. The lowest BCUT2D eigenvalue weighted by atomic mass is 10.1. The standard InChI is InChI=1S/C13H17NO5S/c1-9-4-3-5-10(8-9)12(15)14-11(13(16)17)6-7-20(2,18)19/h3-5,8,11H,6-7H2,1-2H3,(H,14,15)(H,16,17)/t11-/m0/s1. The van der Waals surface area contributed by atoms with Gasteiger partial charge in [-0.25, -0.2) is 13.2 Å². The predicted octanol–water partition coefficient (Wildman–Crippen LogP) is 0.613. The molecule has 0 unspecified atom stereocenters. The fourth-order valence-electron chi connectivity index (χ4n) is 1.62. The first-order valence-corrected chi connectivity index (χ1v) is 8.03. The maximum Gasteiger partial charge on any atom is 0.326 e. The Bertz CT molecular complexity index is 609. The quantitative estimate of drug-likeness (QED) is 0.801. The summed E-state index contributed by atoms with van der Waals surface area (Å²) >= 11 is 0. The average Bonchev–Trinajstić information content (AvgIpc) is 2.32. The molecule has 1 rings (SSSR count). The molecule has 110 valence electrons.